The third-order valence-electron chi connectivity index (χ3n) is 1.34. The molecule has 66 valence electrons. The first-order valence-corrected chi connectivity index (χ1v) is 3.91. The molecule has 12 heavy (non-hydrogen) atoms. The number of rotatable bonds is 4. The second kappa shape index (κ2) is 6.41. The number of esters is 1. The van der Waals surface area contributed by atoms with Gasteiger partial charge in [0, 0.05) is 12.5 Å². The van der Waals surface area contributed by atoms with Crippen LogP contribution in [-0.2, 0) is 9.53 Å². The maximum absolute atomic E-state index is 10.8. The number of allylic oxidation sites excluding steroid dienone is 2. The molecule has 0 bridgehead atoms. The molecule has 0 rings (SSSR count). The summed E-state index contributed by atoms with van der Waals surface area (Å²) in [4.78, 5) is 10.8. The van der Waals surface area contributed by atoms with Gasteiger partial charge in [-0.15, -0.1) is 0 Å². The molecule has 0 aliphatic heterocycles. The Kier molecular flexibility index (Phi) is 5.72. The van der Waals surface area contributed by atoms with Gasteiger partial charge in [-0.3, -0.25) is 4.79 Å². The molecule has 0 unspecified atom stereocenters. The molecule has 0 radical (unpaired) electrons. The molecule has 0 spiro atoms. The smallest absolute Gasteiger partial charge is 0.306 e. The topological polar surface area (TPSA) is 50.1 Å². The van der Waals surface area contributed by atoms with Gasteiger partial charge in [-0.1, -0.05) is 5.57 Å². The highest BCUT2D eigenvalue weighted by molar-refractivity contribution is 5.69. The van der Waals surface area contributed by atoms with E-state index in [1.807, 2.05) is 13.0 Å². The second-order valence-electron chi connectivity index (χ2n) is 2.42. The Morgan fingerprint density at radius 3 is 2.75 bits per heavy atom. The summed E-state index contributed by atoms with van der Waals surface area (Å²) in [5.74, 6) is -0.205. The van der Waals surface area contributed by atoms with Crippen molar-refractivity contribution in [3.05, 3.63) is 11.6 Å². The maximum atomic E-state index is 10.8. The molecule has 0 aromatic rings. The quantitative estimate of drug-likeness (QED) is 0.474. The van der Waals surface area contributed by atoms with Gasteiger partial charge in [0.25, 0.3) is 0 Å². The maximum Gasteiger partial charge on any atom is 0.306 e. The van der Waals surface area contributed by atoms with Crippen LogP contribution in [0.5, 0.6) is 0 Å². The molecule has 3 nitrogen and oxygen atoms in total. The zero-order chi connectivity index (χ0) is 9.40. The Hall–Kier alpha value is -1.30. The first-order chi connectivity index (χ1) is 5.70. The Morgan fingerprint density at radius 1 is 1.58 bits per heavy atom. The van der Waals surface area contributed by atoms with E-state index in [4.69, 9.17) is 10.00 Å². The van der Waals surface area contributed by atoms with E-state index < -0.39 is 0 Å². The molecule has 0 amide bonds. The number of hydrogen-bond donors (Lipinski definition) is 0. The summed E-state index contributed by atoms with van der Waals surface area (Å²) < 4.78 is 4.72. The SMILES string of the molecule is CCOC(=O)CCC(C)=CC#N. The first-order valence-electron chi connectivity index (χ1n) is 3.91. The van der Waals surface area contributed by atoms with Crippen molar-refractivity contribution in [3.8, 4) is 6.07 Å². The van der Waals surface area contributed by atoms with Crippen molar-refractivity contribution < 1.29 is 9.53 Å². The van der Waals surface area contributed by atoms with Crippen molar-refractivity contribution in [2.24, 2.45) is 0 Å². The lowest BCUT2D eigenvalue weighted by Gasteiger charge is -2.00. The third-order valence-corrected chi connectivity index (χ3v) is 1.34. The van der Waals surface area contributed by atoms with Gasteiger partial charge in [0.2, 0.25) is 0 Å². The van der Waals surface area contributed by atoms with Crippen molar-refractivity contribution in [1.82, 2.24) is 0 Å². The number of carbonyl (C=O) groups is 1. The second-order valence-corrected chi connectivity index (χ2v) is 2.42. The van der Waals surface area contributed by atoms with E-state index in [9.17, 15) is 4.79 Å². The molecule has 0 aliphatic rings. The highest BCUT2D eigenvalue weighted by atomic mass is 16.5. The lowest BCUT2D eigenvalue weighted by atomic mass is 10.1. The number of carbonyl (C=O) groups excluding carboxylic acids is 1. The van der Waals surface area contributed by atoms with Crippen LogP contribution in [-0.4, -0.2) is 12.6 Å². The summed E-state index contributed by atoms with van der Waals surface area (Å²) in [6.07, 6.45) is 2.41. The molecule has 0 aromatic heterocycles. The number of hydrogen-bond acceptors (Lipinski definition) is 3. The molecule has 3 heteroatoms. The monoisotopic (exact) mass is 167 g/mol. The molecular formula is C9H13NO2. The minimum Gasteiger partial charge on any atom is -0.466 e. The zero-order valence-corrected chi connectivity index (χ0v) is 7.46. The molecule has 0 aliphatic carbocycles. The van der Waals surface area contributed by atoms with Crippen molar-refractivity contribution in [2.45, 2.75) is 26.7 Å². The molecular weight excluding hydrogens is 154 g/mol. The van der Waals surface area contributed by atoms with Gasteiger partial charge < -0.3 is 4.74 Å². The van der Waals surface area contributed by atoms with E-state index in [2.05, 4.69) is 0 Å². The van der Waals surface area contributed by atoms with Crippen molar-refractivity contribution in [2.75, 3.05) is 6.61 Å². The molecule has 0 saturated heterocycles. The van der Waals surface area contributed by atoms with Crippen LogP contribution in [0.15, 0.2) is 11.6 Å². The Balaban J connectivity index is 3.63. The number of nitrogens with zero attached hydrogens (tertiary/aromatic N) is 1. The zero-order valence-electron chi connectivity index (χ0n) is 7.46. The van der Waals surface area contributed by atoms with Gasteiger partial charge in [-0.25, -0.2) is 0 Å². The van der Waals surface area contributed by atoms with Crippen LogP contribution in [0, 0.1) is 11.3 Å². The highest BCUT2D eigenvalue weighted by Gasteiger charge is 2.00. The Labute approximate surface area is 72.6 Å². The Bertz CT molecular complexity index is 213. The summed E-state index contributed by atoms with van der Waals surface area (Å²) in [5, 5.41) is 8.26. The Morgan fingerprint density at radius 2 is 2.25 bits per heavy atom. The lowest BCUT2D eigenvalue weighted by Crippen LogP contribution is -2.03. The van der Waals surface area contributed by atoms with Crippen LogP contribution < -0.4 is 0 Å². The van der Waals surface area contributed by atoms with Crippen LogP contribution in [0.2, 0.25) is 0 Å². The highest BCUT2D eigenvalue weighted by Crippen LogP contribution is 2.03. The predicted molar refractivity (Wildman–Crippen MR) is 45.2 cm³/mol. The van der Waals surface area contributed by atoms with E-state index in [-0.39, 0.29) is 5.97 Å². The van der Waals surface area contributed by atoms with Gasteiger partial charge in [0.15, 0.2) is 0 Å². The van der Waals surface area contributed by atoms with E-state index >= 15 is 0 Å². The van der Waals surface area contributed by atoms with E-state index in [0.717, 1.165) is 5.57 Å². The largest absolute Gasteiger partial charge is 0.466 e. The van der Waals surface area contributed by atoms with Crippen molar-refractivity contribution >= 4 is 5.97 Å². The predicted octanol–water partition coefficient (Wildman–Crippen LogP) is 1.80. The molecule has 0 fully saturated rings. The minimum absolute atomic E-state index is 0.205. The summed E-state index contributed by atoms with van der Waals surface area (Å²) in [7, 11) is 0. The van der Waals surface area contributed by atoms with E-state index in [1.165, 1.54) is 6.08 Å². The fourth-order valence-electron chi connectivity index (χ4n) is 0.715. The van der Waals surface area contributed by atoms with E-state index in [1.54, 1.807) is 6.92 Å². The summed E-state index contributed by atoms with van der Waals surface area (Å²) in [6.45, 7) is 4.01. The van der Waals surface area contributed by atoms with Gasteiger partial charge in [0.1, 0.15) is 0 Å². The van der Waals surface area contributed by atoms with E-state index in [0.29, 0.717) is 19.4 Å². The summed E-state index contributed by atoms with van der Waals surface area (Å²) >= 11 is 0. The molecule has 0 aromatic carbocycles. The van der Waals surface area contributed by atoms with Crippen LogP contribution in [0.4, 0.5) is 0 Å². The van der Waals surface area contributed by atoms with Gasteiger partial charge >= 0.3 is 5.97 Å². The normalized spacial score (nSPS) is 10.6. The van der Waals surface area contributed by atoms with Gasteiger partial charge in [-0.05, 0) is 20.3 Å². The van der Waals surface area contributed by atoms with Gasteiger partial charge in [0.05, 0.1) is 12.7 Å². The first kappa shape index (κ1) is 10.7. The fourth-order valence-corrected chi connectivity index (χ4v) is 0.715. The van der Waals surface area contributed by atoms with Crippen LogP contribution in [0.1, 0.15) is 26.7 Å². The summed E-state index contributed by atoms with van der Waals surface area (Å²) in [5.41, 5.74) is 0.908. The average Bonchev–Trinajstić information content (AvgIpc) is 2.02. The van der Waals surface area contributed by atoms with Crippen molar-refractivity contribution in [1.29, 1.82) is 5.26 Å². The molecule has 0 atom stereocenters. The van der Waals surface area contributed by atoms with Crippen molar-refractivity contribution in [3.63, 3.8) is 0 Å². The summed E-state index contributed by atoms with van der Waals surface area (Å²) in [6, 6.07) is 1.91. The van der Waals surface area contributed by atoms with Gasteiger partial charge in [-0.2, -0.15) is 5.26 Å². The fraction of sp³-hybridized carbons (Fsp3) is 0.556. The number of nitriles is 1. The van der Waals surface area contributed by atoms with Crippen LogP contribution in [0.25, 0.3) is 0 Å². The standard InChI is InChI=1S/C9H13NO2/c1-3-12-9(11)5-4-8(2)6-7-10/h6H,3-5H2,1-2H3. The third kappa shape index (κ3) is 5.48. The number of ether oxygens (including phenoxy) is 1. The minimum atomic E-state index is -0.205. The average molecular weight is 167 g/mol. The van der Waals surface area contributed by atoms with Crippen LogP contribution >= 0.6 is 0 Å². The van der Waals surface area contributed by atoms with Crippen LogP contribution in [0.3, 0.4) is 0 Å². The molecule has 0 saturated carbocycles. The molecule has 0 heterocycles. The molecule has 0 N–H and O–H groups in total. The lowest BCUT2D eigenvalue weighted by molar-refractivity contribution is -0.143.